The van der Waals surface area contributed by atoms with Crippen molar-refractivity contribution in [2.45, 2.75) is 6.92 Å². The molecule has 0 saturated heterocycles. The molecule has 0 aliphatic heterocycles. The van der Waals surface area contributed by atoms with Crippen molar-refractivity contribution in [2.75, 3.05) is 7.05 Å². The first kappa shape index (κ1) is 9.42. The first-order chi connectivity index (χ1) is 1.91. The summed E-state index contributed by atoms with van der Waals surface area (Å²) in [6.07, 6.45) is 0. The van der Waals surface area contributed by atoms with Gasteiger partial charge in [0.15, 0.2) is 0 Å². The Bertz CT molecular complexity index is 8.85. The fourth-order valence-corrected chi connectivity index (χ4v) is 0. The van der Waals surface area contributed by atoms with Gasteiger partial charge in [-0.25, -0.2) is 0 Å². The minimum atomic E-state index is 0. The second kappa shape index (κ2) is 8.91. The van der Waals surface area contributed by atoms with Crippen LogP contribution in [-0.2, 0) is 32.7 Å². The SMILES string of the molecule is C[CH-]NC.[Y]. The zero-order valence-electron chi connectivity index (χ0n) is 3.65. The number of hydrogen-bond acceptors (Lipinski definition) is 1. The van der Waals surface area contributed by atoms with Crippen molar-refractivity contribution < 1.29 is 32.7 Å². The minimum Gasteiger partial charge on any atom is -0.473 e. The van der Waals surface area contributed by atoms with E-state index in [2.05, 4.69) is 5.32 Å². The van der Waals surface area contributed by atoms with Gasteiger partial charge in [0.1, 0.15) is 0 Å². The van der Waals surface area contributed by atoms with E-state index in [-0.39, 0.29) is 32.7 Å². The normalized spacial score (nSPS) is 6.00. The smallest absolute Gasteiger partial charge is 0 e. The van der Waals surface area contributed by atoms with Gasteiger partial charge in [0.2, 0.25) is 0 Å². The Kier molecular flexibility index (Phi) is 16.8. The van der Waals surface area contributed by atoms with Crippen LogP contribution in [0, 0.1) is 6.54 Å². The molecule has 0 amide bonds. The maximum Gasteiger partial charge on any atom is 0 e. The molecule has 0 atom stereocenters. The molecule has 0 aromatic heterocycles. The van der Waals surface area contributed by atoms with Crippen LogP contribution in [0.25, 0.3) is 0 Å². The van der Waals surface area contributed by atoms with Crippen LogP contribution in [0.1, 0.15) is 6.92 Å². The van der Waals surface area contributed by atoms with E-state index in [0.717, 1.165) is 0 Å². The molecule has 1 nitrogen and oxygen atoms in total. The summed E-state index contributed by atoms with van der Waals surface area (Å²) in [4.78, 5) is 0. The molecular weight excluding hydrogens is 139 g/mol. The fourth-order valence-electron chi connectivity index (χ4n) is 0. The topological polar surface area (TPSA) is 12.0 Å². The van der Waals surface area contributed by atoms with Gasteiger partial charge in [-0.05, 0) is 7.05 Å². The van der Waals surface area contributed by atoms with Crippen molar-refractivity contribution in [3.05, 3.63) is 6.54 Å². The van der Waals surface area contributed by atoms with Gasteiger partial charge in [0.25, 0.3) is 0 Å². The summed E-state index contributed by atoms with van der Waals surface area (Å²) >= 11 is 0. The summed E-state index contributed by atoms with van der Waals surface area (Å²) in [5.41, 5.74) is 0. The van der Waals surface area contributed by atoms with Crippen molar-refractivity contribution in [3.8, 4) is 0 Å². The third kappa shape index (κ3) is 11.2. The van der Waals surface area contributed by atoms with E-state index in [1.165, 1.54) is 0 Å². The summed E-state index contributed by atoms with van der Waals surface area (Å²) in [5, 5.41) is 2.81. The Balaban J connectivity index is 0. The maximum atomic E-state index is 2.81. The zero-order chi connectivity index (χ0) is 3.41. The Labute approximate surface area is 58.4 Å². The molecule has 0 heterocycles. The van der Waals surface area contributed by atoms with Gasteiger partial charge in [-0.2, -0.15) is 6.92 Å². The first-order valence-corrected chi connectivity index (χ1v) is 1.37. The molecule has 29 valence electrons. The molecule has 0 aromatic rings. The summed E-state index contributed by atoms with van der Waals surface area (Å²) in [6.45, 7) is 3.82. The molecule has 0 unspecified atom stereocenters. The van der Waals surface area contributed by atoms with Crippen LogP contribution in [0.4, 0.5) is 0 Å². The van der Waals surface area contributed by atoms with E-state index in [1.54, 1.807) is 0 Å². The molecule has 0 aliphatic carbocycles. The van der Waals surface area contributed by atoms with Gasteiger partial charge in [-0.1, -0.05) is 0 Å². The number of hydrogen-bond donors (Lipinski definition) is 1. The van der Waals surface area contributed by atoms with Crippen molar-refractivity contribution in [3.63, 3.8) is 0 Å². The van der Waals surface area contributed by atoms with Crippen LogP contribution < -0.4 is 5.32 Å². The number of rotatable bonds is 1. The molecule has 2 heteroatoms. The van der Waals surface area contributed by atoms with E-state index in [1.807, 2.05) is 20.5 Å². The van der Waals surface area contributed by atoms with Gasteiger partial charge < -0.3 is 5.32 Å². The van der Waals surface area contributed by atoms with E-state index in [0.29, 0.717) is 0 Å². The van der Waals surface area contributed by atoms with Crippen LogP contribution in [0.2, 0.25) is 0 Å². The van der Waals surface area contributed by atoms with Crippen molar-refractivity contribution in [2.24, 2.45) is 0 Å². The molecule has 0 aliphatic rings. The van der Waals surface area contributed by atoms with Crippen LogP contribution >= 0.6 is 0 Å². The minimum absolute atomic E-state index is 0. The summed E-state index contributed by atoms with van der Waals surface area (Å²) in [5.74, 6) is 0. The van der Waals surface area contributed by atoms with Gasteiger partial charge >= 0.3 is 0 Å². The third-order valence-corrected chi connectivity index (χ3v) is 0.289. The molecule has 0 spiro atoms. The van der Waals surface area contributed by atoms with Gasteiger partial charge in [0, 0.05) is 32.7 Å². The molecule has 1 radical (unpaired) electrons. The van der Waals surface area contributed by atoms with Crippen molar-refractivity contribution in [1.29, 1.82) is 0 Å². The largest absolute Gasteiger partial charge is 0.473 e. The molecule has 0 saturated carbocycles. The van der Waals surface area contributed by atoms with Gasteiger partial charge in [0.05, 0.1) is 0 Å². The van der Waals surface area contributed by atoms with E-state index >= 15 is 0 Å². The molecule has 0 fully saturated rings. The summed E-state index contributed by atoms with van der Waals surface area (Å²) < 4.78 is 0. The monoisotopic (exact) mass is 147 g/mol. The predicted molar refractivity (Wildman–Crippen MR) is 19.0 cm³/mol. The van der Waals surface area contributed by atoms with E-state index in [4.69, 9.17) is 0 Å². The van der Waals surface area contributed by atoms with Gasteiger partial charge in [-0.15, -0.1) is 0 Å². The third-order valence-electron chi connectivity index (χ3n) is 0.289. The first-order valence-electron chi connectivity index (χ1n) is 1.37. The van der Waals surface area contributed by atoms with Crippen LogP contribution in [-0.4, -0.2) is 7.05 Å². The van der Waals surface area contributed by atoms with Crippen LogP contribution in [0.15, 0.2) is 0 Å². The molecule has 0 rings (SSSR count). The molecule has 0 bridgehead atoms. The van der Waals surface area contributed by atoms with Crippen LogP contribution in [0.3, 0.4) is 0 Å². The Morgan fingerprint density at radius 1 is 1.60 bits per heavy atom. The molecule has 1 N–H and O–H groups in total. The van der Waals surface area contributed by atoms with E-state index < -0.39 is 0 Å². The van der Waals surface area contributed by atoms with Crippen molar-refractivity contribution in [1.82, 2.24) is 5.32 Å². The fraction of sp³-hybridized carbons (Fsp3) is 0.667. The second-order valence-electron chi connectivity index (χ2n) is 0.577. The average molecular weight is 147 g/mol. The zero-order valence-corrected chi connectivity index (χ0v) is 6.49. The number of nitrogens with one attached hydrogen (secondary N) is 1. The molecule has 0 aromatic carbocycles. The average Bonchev–Trinajstić information content (AvgIpc) is 1.37. The molecule has 5 heavy (non-hydrogen) atoms. The predicted octanol–water partition coefficient (Wildman–Crippen LogP) is 0.385. The summed E-state index contributed by atoms with van der Waals surface area (Å²) in [6, 6.07) is 0. The second-order valence-corrected chi connectivity index (χ2v) is 0.577. The molecular formula is C3H8NY-. The Morgan fingerprint density at radius 2 is 1.80 bits per heavy atom. The van der Waals surface area contributed by atoms with Gasteiger partial charge in [-0.3, -0.25) is 6.54 Å². The standard InChI is InChI=1S/C3H8N.Y/c1-3-4-2;/h3-4H,1-2H3;/q-1;. The summed E-state index contributed by atoms with van der Waals surface area (Å²) in [7, 11) is 1.88. The van der Waals surface area contributed by atoms with Crippen molar-refractivity contribution >= 4 is 0 Å². The quantitative estimate of drug-likeness (QED) is 0.529. The Morgan fingerprint density at radius 3 is 1.80 bits per heavy atom. The Hall–Kier alpha value is 1.06. The van der Waals surface area contributed by atoms with Crippen LogP contribution in [0.5, 0.6) is 0 Å². The van der Waals surface area contributed by atoms with E-state index in [9.17, 15) is 0 Å². The maximum absolute atomic E-state index is 2.81.